The van der Waals surface area contributed by atoms with Crippen molar-refractivity contribution in [3.63, 3.8) is 0 Å². The normalized spacial score (nSPS) is 13.0. The smallest absolute Gasteiger partial charge is 0.428 e. The van der Waals surface area contributed by atoms with Gasteiger partial charge in [-0.05, 0) is 24.3 Å². The Balaban J connectivity index is 2.04. The first-order chi connectivity index (χ1) is 11.3. The summed E-state index contributed by atoms with van der Waals surface area (Å²) in [5, 5.41) is 18.0. The van der Waals surface area contributed by atoms with E-state index in [0.29, 0.717) is 5.69 Å². The van der Waals surface area contributed by atoms with Crippen molar-refractivity contribution >= 4 is 28.8 Å². The summed E-state index contributed by atoms with van der Waals surface area (Å²) >= 11 is 4.66. The lowest BCUT2D eigenvalue weighted by Crippen LogP contribution is -2.32. The van der Waals surface area contributed by atoms with Gasteiger partial charge in [0.15, 0.2) is 5.82 Å². The van der Waals surface area contributed by atoms with Crippen LogP contribution in [0.2, 0.25) is 0 Å². The highest BCUT2D eigenvalue weighted by atomic mass is 35.5. The van der Waals surface area contributed by atoms with Crippen LogP contribution in [0.3, 0.4) is 0 Å². The first-order valence-electron chi connectivity index (χ1n) is 6.25. The first kappa shape index (κ1) is 17.6. The van der Waals surface area contributed by atoms with Gasteiger partial charge in [-0.2, -0.15) is 8.78 Å². The number of pyridine rings is 1. The van der Waals surface area contributed by atoms with Crippen LogP contribution in [0.4, 0.5) is 30.4 Å². The maximum absolute atomic E-state index is 12.9. The number of benzene rings is 1. The molecule has 1 aromatic heterocycles. The molecule has 0 fully saturated rings. The summed E-state index contributed by atoms with van der Waals surface area (Å²) in [6.07, 6.45) is -3.29. The van der Waals surface area contributed by atoms with Crippen molar-refractivity contribution in [1.29, 1.82) is 0 Å². The molecule has 1 atom stereocenters. The average Bonchev–Trinajstić information content (AvgIpc) is 2.54. The van der Waals surface area contributed by atoms with Crippen molar-refractivity contribution in [2.24, 2.45) is 10.2 Å². The molecular weight excluding hydrogens is 353 g/mol. The monoisotopic (exact) mass is 360 g/mol. The van der Waals surface area contributed by atoms with Crippen LogP contribution >= 0.6 is 11.6 Å². The van der Waals surface area contributed by atoms with Gasteiger partial charge in [0, 0.05) is 12.1 Å². The third kappa shape index (κ3) is 4.62. The van der Waals surface area contributed by atoms with Gasteiger partial charge in [-0.15, -0.1) is 10.2 Å². The predicted molar refractivity (Wildman–Crippen MR) is 77.8 cm³/mol. The zero-order chi connectivity index (χ0) is 17.7. The van der Waals surface area contributed by atoms with Gasteiger partial charge in [-0.25, -0.2) is 9.37 Å². The minimum atomic E-state index is -4.19. The lowest BCUT2D eigenvalue weighted by Gasteiger charge is -2.17. The summed E-state index contributed by atoms with van der Waals surface area (Å²) in [5.74, 6) is -0.343. The van der Waals surface area contributed by atoms with Crippen LogP contribution in [-0.2, 0) is 0 Å². The van der Waals surface area contributed by atoms with E-state index >= 15 is 0 Å². The standard InChI is InChI=1S/C13H8ClF3N4O3/c14-12(15)13(16,17)24-10-5-6-11(18-7-10)20-19-8-1-3-9(4-2-8)21(22)23/h1-7,12H/b20-19+. The van der Waals surface area contributed by atoms with Crippen molar-refractivity contribution in [2.75, 3.05) is 0 Å². The van der Waals surface area contributed by atoms with Gasteiger partial charge in [0.05, 0.1) is 16.8 Å². The zero-order valence-electron chi connectivity index (χ0n) is 11.6. The summed E-state index contributed by atoms with van der Waals surface area (Å²) in [6, 6.07) is 7.55. The molecular formula is C13H8ClF3N4O3. The molecule has 11 heteroatoms. The SMILES string of the molecule is O=[N+]([O-])c1ccc(/N=N/c2ccc(OC(F)(F)C(F)Cl)cn2)cc1. The topological polar surface area (TPSA) is 90.0 Å². The minimum absolute atomic E-state index is 0.0618. The number of ether oxygens (including phenoxy) is 1. The second-order valence-corrected chi connectivity index (χ2v) is 4.67. The van der Waals surface area contributed by atoms with Crippen LogP contribution in [0.5, 0.6) is 5.75 Å². The van der Waals surface area contributed by atoms with Gasteiger partial charge in [0.1, 0.15) is 5.75 Å². The number of rotatable bonds is 6. The summed E-state index contributed by atoms with van der Waals surface area (Å²) < 4.78 is 42.4. The molecule has 126 valence electrons. The van der Waals surface area contributed by atoms with Crippen molar-refractivity contribution in [3.8, 4) is 5.75 Å². The largest absolute Gasteiger partial charge is 0.444 e. The van der Waals surface area contributed by atoms with Crippen molar-refractivity contribution in [3.05, 3.63) is 52.7 Å². The molecule has 0 amide bonds. The molecule has 24 heavy (non-hydrogen) atoms. The highest BCUT2D eigenvalue weighted by Crippen LogP contribution is 2.29. The van der Waals surface area contributed by atoms with Gasteiger partial charge in [0.25, 0.3) is 11.3 Å². The molecule has 0 radical (unpaired) electrons. The van der Waals surface area contributed by atoms with E-state index in [1.165, 1.54) is 30.3 Å². The average molecular weight is 361 g/mol. The summed E-state index contributed by atoms with van der Waals surface area (Å²) in [7, 11) is 0. The Kier molecular flexibility index (Phi) is 5.29. The van der Waals surface area contributed by atoms with Gasteiger partial charge in [0.2, 0.25) is 0 Å². The molecule has 0 aliphatic rings. The fourth-order valence-corrected chi connectivity index (χ4v) is 1.49. The van der Waals surface area contributed by atoms with Crippen LogP contribution < -0.4 is 4.74 Å². The molecule has 0 saturated carbocycles. The highest BCUT2D eigenvalue weighted by molar-refractivity contribution is 6.20. The van der Waals surface area contributed by atoms with Gasteiger partial charge in [-0.3, -0.25) is 10.1 Å². The Morgan fingerprint density at radius 1 is 1.21 bits per heavy atom. The van der Waals surface area contributed by atoms with E-state index in [4.69, 9.17) is 0 Å². The van der Waals surface area contributed by atoms with Gasteiger partial charge >= 0.3 is 6.11 Å². The number of hydrogen-bond acceptors (Lipinski definition) is 6. The third-order valence-electron chi connectivity index (χ3n) is 2.56. The molecule has 0 aliphatic heterocycles. The molecule has 0 N–H and O–H groups in total. The number of nitro benzene ring substituents is 1. The summed E-state index contributed by atoms with van der Waals surface area (Å²) in [6.45, 7) is 0. The molecule has 1 unspecified atom stereocenters. The quantitative estimate of drug-likeness (QED) is 0.317. The molecule has 2 aromatic rings. The molecule has 0 bridgehead atoms. The lowest BCUT2D eigenvalue weighted by atomic mass is 10.3. The van der Waals surface area contributed by atoms with E-state index in [-0.39, 0.29) is 11.5 Å². The van der Waals surface area contributed by atoms with E-state index in [1.54, 1.807) is 0 Å². The molecule has 7 nitrogen and oxygen atoms in total. The van der Waals surface area contributed by atoms with E-state index in [9.17, 15) is 23.3 Å². The molecule has 2 rings (SSSR count). The number of azo groups is 1. The lowest BCUT2D eigenvalue weighted by molar-refractivity contribution is -0.384. The summed E-state index contributed by atoms with van der Waals surface area (Å²) in [4.78, 5) is 13.6. The van der Waals surface area contributed by atoms with E-state index in [2.05, 4.69) is 31.6 Å². The van der Waals surface area contributed by atoms with Crippen molar-refractivity contribution < 1.29 is 22.8 Å². The number of non-ortho nitro benzene ring substituents is 1. The number of alkyl halides is 4. The zero-order valence-corrected chi connectivity index (χ0v) is 12.4. The Morgan fingerprint density at radius 3 is 2.38 bits per heavy atom. The van der Waals surface area contributed by atoms with Crippen LogP contribution in [0.1, 0.15) is 0 Å². The van der Waals surface area contributed by atoms with E-state index < -0.39 is 22.4 Å². The van der Waals surface area contributed by atoms with Gasteiger partial charge < -0.3 is 4.74 Å². The summed E-state index contributed by atoms with van der Waals surface area (Å²) in [5.41, 5.74) is -2.77. The maximum Gasteiger partial charge on any atom is 0.444 e. The van der Waals surface area contributed by atoms with Crippen LogP contribution in [0, 0.1) is 10.1 Å². The number of halogens is 4. The maximum atomic E-state index is 12.9. The van der Waals surface area contributed by atoms with Crippen LogP contribution in [-0.4, -0.2) is 21.6 Å². The Morgan fingerprint density at radius 2 is 1.88 bits per heavy atom. The number of aromatic nitrogens is 1. The third-order valence-corrected chi connectivity index (χ3v) is 2.81. The fourth-order valence-electron chi connectivity index (χ4n) is 1.44. The second kappa shape index (κ2) is 7.21. The van der Waals surface area contributed by atoms with Crippen LogP contribution in [0.15, 0.2) is 52.8 Å². The molecule has 1 aromatic carbocycles. The van der Waals surface area contributed by atoms with Crippen LogP contribution in [0.25, 0.3) is 0 Å². The number of nitro groups is 1. The molecule has 1 heterocycles. The number of hydrogen-bond donors (Lipinski definition) is 0. The second-order valence-electron chi connectivity index (χ2n) is 4.29. The molecule has 0 spiro atoms. The Bertz CT molecular complexity index is 739. The van der Waals surface area contributed by atoms with Gasteiger partial charge in [-0.1, -0.05) is 11.6 Å². The molecule has 0 aliphatic carbocycles. The first-order valence-corrected chi connectivity index (χ1v) is 6.69. The van der Waals surface area contributed by atoms with E-state index in [0.717, 1.165) is 12.3 Å². The Hall–Kier alpha value is -2.75. The minimum Gasteiger partial charge on any atom is -0.428 e. The fraction of sp³-hybridized carbons (Fsp3) is 0.154. The van der Waals surface area contributed by atoms with Crippen molar-refractivity contribution in [2.45, 2.75) is 11.7 Å². The Labute approximate surface area is 137 Å². The van der Waals surface area contributed by atoms with E-state index in [1.807, 2.05) is 0 Å². The van der Waals surface area contributed by atoms with Crippen molar-refractivity contribution in [1.82, 2.24) is 4.98 Å². The highest BCUT2D eigenvalue weighted by Gasteiger charge is 2.42. The molecule has 0 saturated heterocycles. The number of nitrogens with zero attached hydrogens (tertiary/aromatic N) is 4. The predicted octanol–water partition coefficient (Wildman–Crippen LogP) is 4.91.